The fraction of sp³-hybridized carbons (Fsp3) is 0.732. The number of H-pyrrole nitrogens is 1. The summed E-state index contributed by atoms with van der Waals surface area (Å²) < 4.78 is 8.82. The summed E-state index contributed by atoms with van der Waals surface area (Å²) in [6.45, 7) is 8.32. The largest absolute Gasteiger partial charge is 0.490 e. The lowest BCUT2D eigenvalue weighted by atomic mass is 9.73. The van der Waals surface area contributed by atoms with Crippen molar-refractivity contribution in [2.75, 3.05) is 6.54 Å². The highest BCUT2D eigenvalue weighted by Crippen LogP contribution is 2.39. The van der Waals surface area contributed by atoms with Gasteiger partial charge in [-0.25, -0.2) is 4.52 Å². The molecule has 2 aliphatic rings. The molecule has 5 rings (SSSR count). The molecule has 3 aromatic rings. The van der Waals surface area contributed by atoms with Gasteiger partial charge >= 0.3 is 5.97 Å². The van der Waals surface area contributed by atoms with Gasteiger partial charge in [-0.2, -0.15) is 0 Å². The van der Waals surface area contributed by atoms with Crippen LogP contribution in [0, 0.1) is 0 Å². The molecule has 272 valence electrons. The summed E-state index contributed by atoms with van der Waals surface area (Å²) in [6, 6.07) is 9.01. The summed E-state index contributed by atoms with van der Waals surface area (Å²) in [7, 11) is 0. The van der Waals surface area contributed by atoms with E-state index in [0.717, 1.165) is 36.6 Å². The number of fused-ring (bicyclic) bond motifs is 1. The molecule has 1 aromatic carbocycles. The van der Waals surface area contributed by atoms with Crippen molar-refractivity contribution in [2.24, 2.45) is 0 Å². The van der Waals surface area contributed by atoms with E-state index in [-0.39, 0.29) is 23.9 Å². The van der Waals surface area contributed by atoms with Crippen molar-refractivity contribution in [3.8, 4) is 5.75 Å². The number of carboxylic acid groups (broad SMARTS) is 1. The lowest BCUT2D eigenvalue weighted by Crippen LogP contribution is -2.26. The van der Waals surface area contributed by atoms with Crippen LogP contribution >= 0.6 is 0 Å². The average molecular weight is 676 g/mol. The molecular weight excluding hydrogens is 610 g/mol. The fourth-order valence-corrected chi connectivity index (χ4v) is 8.32. The summed E-state index contributed by atoms with van der Waals surface area (Å²) in [5.74, 6) is 1.88. The molecule has 2 aliphatic carbocycles. The Morgan fingerprint density at radius 2 is 1.69 bits per heavy atom. The van der Waals surface area contributed by atoms with Crippen molar-refractivity contribution in [1.29, 1.82) is 0 Å². The third-order valence-electron chi connectivity index (χ3n) is 11.5. The molecular formula is C41H65N5O3. The van der Waals surface area contributed by atoms with Crippen LogP contribution in [-0.2, 0) is 16.8 Å². The maximum atomic E-state index is 11.5. The van der Waals surface area contributed by atoms with Gasteiger partial charge in [0.15, 0.2) is 11.5 Å². The monoisotopic (exact) mass is 676 g/mol. The van der Waals surface area contributed by atoms with Crippen LogP contribution in [0.2, 0.25) is 0 Å². The van der Waals surface area contributed by atoms with Gasteiger partial charge in [-0.3, -0.25) is 9.89 Å². The Morgan fingerprint density at radius 1 is 0.980 bits per heavy atom. The number of aliphatic carboxylic acids is 1. The Kier molecular flexibility index (Phi) is 14.4. The van der Waals surface area contributed by atoms with Crippen molar-refractivity contribution < 1.29 is 14.6 Å². The van der Waals surface area contributed by atoms with Crippen molar-refractivity contribution in [2.45, 2.75) is 186 Å². The van der Waals surface area contributed by atoms with Crippen LogP contribution in [0.15, 0.2) is 24.3 Å². The third-order valence-corrected chi connectivity index (χ3v) is 11.5. The maximum absolute atomic E-state index is 11.5. The van der Waals surface area contributed by atoms with Gasteiger partial charge in [-0.15, -0.1) is 10.2 Å². The Labute approximate surface area is 295 Å². The zero-order valence-electron chi connectivity index (χ0n) is 30.9. The number of carboxylic acids is 1. The van der Waals surface area contributed by atoms with Gasteiger partial charge in [0.25, 0.3) is 0 Å². The molecule has 0 spiro atoms. The summed E-state index contributed by atoms with van der Waals surface area (Å²) in [5.41, 5.74) is 4.96. The SMILES string of the molecule is CCCCCCCCCCC(CCC(=O)O)Oc1ccc(C2CCCCC2)cc1CNCC(C)c1nnc2cc(C3(C)CCCCC3)[nH]n12. The summed E-state index contributed by atoms with van der Waals surface area (Å²) in [6.07, 6.45) is 24.4. The van der Waals surface area contributed by atoms with Crippen molar-refractivity contribution in [3.05, 3.63) is 46.9 Å². The molecule has 2 saturated carbocycles. The first-order valence-corrected chi connectivity index (χ1v) is 20.0. The minimum Gasteiger partial charge on any atom is -0.490 e. The lowest BCUT2D eigenvalue weighted by Gasteiger charge is -2.32. The van der Waals surface area contributed by atoms with Gasteiger partial charge in [0.05, 0.1) is 6.10 Å². The number of nitrogens with one attached hydrogen (secondary N) is 2. The molecule has 2 fully saturated rings. The number of ether oxygens (including phenoxy) is 1. The second kappa shape index (κ2) is 18.9. The summed E-state index contributed by atoms with van der Waals surface area (Å²) >= 11 is 0. The zero-order chi connectivity index (χ0) is 34.5. The number of carbonyl (C=O) groups is 1. The number of aromatic amines is 1. The van der Waals surface area contributed by atoms with Gasteiger partial charge in [0.1, 0.15) is 5.75 Å². The second-order valence-electron chi connectivity index (χ2n) is 15.7. The predicted octanol–water partition coefficient (Wildman–Crippen LogP) is 10.4. The van der Waals surface area contributed by atoms with Crippen LogP contribution in [0.5, 0.6) is 5.75 Å². The molecule has 8 nitrogen and oxygen atoms in total. The summed E-state index contributed by atoms with van der Waals surface area (Å²) in [4.78, 5) is 11.5. The summed E-state index contributed by atoms with van der Waals surface area (Å²) in [5, 5.41) is 26.0. The van der Waals surface area contributed by atoms with E-state index >= 15 is 0 Å². The van der Waals surface area contributed by atoms with Crippen LogP contribution < -0.4 is 10.1 Å². The first-order chi connectivity index (χ1) is 23.9. The Morgan fingerprint density at radius 3 is 2.43 bits per heavy atom. The van der Waals surface area contributed by atoms with Gasteiger partial charge < -0.3 is 15.2 Å². The minimum atomic E-state index is -0.752. The number of aromatic nitrogens is 4. The van der Waals surface area contributed by atoms with Crippen molar-refractivity contribution >= 4 is 11.6 Å². The molecule has 2 heterocycles. The van der Waals surface area contributed by atoms with E-state index in [0.29, 0.717) is 18.9 Å². The number of rotatable bonds is 21. The quantitative estimate of drug-likeness (QED) is 0.0971. The molecule has 2 unspecified atom stereocenters. The van der Waals surface area contributed by atoms with Gasteiger partial charge in [-0.1, -0.05) is 116 Å². The third kappa shape index (κ3) is 10.8. The number of unbranched alkanes of at least 4 members (excludes halogenated alkanes) is 7. The smallest absolute Gasteiger partial charge is 0.303 e. The zero-order valence-corrected chi connectivity index (χ0v) is 30.9. The topological polar surface area (TPSA) is 105 Å². The molecule has 0 aliphatic heterocycles. The average Bonchev–Trinajstić information content (AvgIpc) is 3.72. The number of hydrogen-bond donors (Lipinski definition) is 3. The van der Waals surface area contributed by atoms with E-state index in [1.54, 1.807) is 0 Å². The molecule has 0 saturated heterocycles. The molecule has 0 amide bonds. The van der Waals surface area contributed by atoms with E-state index < -0.39 is 5.97 Å². The highest BCUT2D eigenvalue weighted by atomic mass is 16.5. The van der Waals surface area contributed by atoms with Crippen LogP contribution in [0.3, 0.4) is 0 Å². The van der Waals surface area contributed by atoms with Crippen molar-refractivity contribution in [3.63, 3.8) is 0 Å². The maximum Gasteiger partial charge on any atom is 0.303 e. The van der Waals surface area contributed by atoms with E-state index in [9.17, 15) is 9.90 Å². The van der Waals surface area contributed by atoms with E-state index in [1.165, 1.54) is 126 Å². The fourth-order valence-electron chi connectivity index (χ4n) is 8.32. The molecule has 8 heteroatoms. The van der Waals surface area contributed by atoms with Crippen LogP contribution in [-0.4, -0.2) is 43.5 Å². The minimum absolute atomic E-state index is 0.0910. The standard InChI is InChI=1S/C41H65N5O3/c1-4-5-6-7-8-9-10-15-20-35(22-24-39(47)48)49-36-23-21-33(32-18-13-11-14-19-32)27-34(36)30-42-29-31(2)40-44-43-38-28-37(45-46(38)40)41(3)25-16-12-17-26-41/h21,23,27-28,31-32,35,42,45H,4-20,22,24-26,29-30H2,1-3H3,(H,47,48). The molecule has 2 atom stereocenters. The van der Waals surface area contributed by atoms with E-state index in [1.807, 2.05) is 0 Å². The molecule has 49 heavy (non-hydrogen) atoms. The molecule has 0 bridgehead atoms. The Balaban J connectivity index is 1.24. The first kappa shape index (κ1) is 37.4. The van der Waals surface area contributed by atoms with Crippen LogP contribution in [0.25, 0.3) is 5.65 Å². The number of benzene rings is 1. The Bertz CT molecular complexity index is 1420. The molecule has 0 radical (unpaired) electrons. The van der Waals surface area contributed by atoms with Crippen molar-refractivity contribution in [1.82, 2.24) is 25.1 Å². The van der Waals surface area contributed by atoms with E-state index in [2.05, 4.69) is 70.2 Å². The normalized spacial score (nSPS) is 18.1. The predicted molar refractivity (Wildman–Crippen MR) is 199 cm³/mol. The van der Waals surface area contributed by atoms with Crippen LogP contribution in [0.1, 0.15) is 190 Å². The highest BCUT2D eigenvalue weighted by molar-refractivity contribution is 5.66. The van der Waals surface area contributed by atoms with Gasteiger partial charge in [0, 0.05) is 48.2 Å². The first-order valence-electron chi connectivity index (χ1n) is 20.0. The number of nitrogens with zero attached hydrogens (tertiary/aromatic N) is 3. The van der Waals surface area contributed by atoms with E-state index in [4.69, 9.17) is 4.74 Å². The van der Waals surface area contributed by atoms with Gasteiger partial charge in [-0.05, 0) is 62.5 Å². The lowest BCUT2D eigenvalue weighted by molar-refractivity contribution is -0.137. The number of hydrogen-bond acceptors (Lipinski definition) is 5. The Hall–Kier alpha value is -2.87. The second-order valence-corrected chi connectivity index (χ2v) is 15.7. The van der Waals surface area contributed by atoms with Gasteiger partial charge in [0.2, 0.25) is 0 Å². The van der Waals surface area contributed by atoms with Crippen LogP contribution in [0.4, 0.5) is 0 Å². The highest BCUT2D eigenvalue weighted by Gasteiger charge is 2.31. The molecule has 3 N–H and O–H groups in total. The molecule has 2 aromatic heterocycles.